The average Bonchev–Trinajstić information content (AvgIpc) is 2.17. The Bertz CT molecular complexity index is 292. The summed E-state index contributed by atoms with van der Waals surface area (Å²) in [5.41, 5.74) is 2.31. The fourth-order valence-corrected chi connectivity index (χ4v) is 1.15. The van der Waals surface area contributed by atoms with Crippen LogP contribution in [0.3, 0.4) is 0 Å². The molecule has 2 heteroatoms. The summed E-state index contributed by atoms with van der Waals surface area (Å²) in [5.74, 6) is 0.469. The number of aromatic nitrogens is 1. The summed E-state index contributed by atoms with van der Waals surface area (Å²) >= 11 is 0. The third kappa shape index (κ3) is 2.38. The number of hydrogen-bond acceptors (Lipinski definition) is 2. The Hall–Kier alpha value is -1.18. The smallest absolute Gasteiger partial charge is 0.0714 e. The third-order valence-electron chi connectivity index (χ3n) is 2.15. The highest BCUT2D eigenvalue weighted by atomic mass is 14.7. The van der Waals surface area contributed by atoms with Gasteiger partial charge in [-0.05, 0) is 37.3 Å². The second kappa shape index (κ2) is 4.17. The zero-order valence-electron chi connectivity index (χ0n) is 8.49. The van der Waals surface area contributed by atoms with E-state index in [0.717, 1.165) is 5.69 Å². The van der Waals surface area contributed by atoms with Gasteiger partial charge in [-0.15, -0.1) is 0 Å². The van der Waals surface area contributed by atoms with Gasteiger partial charge in [0, 0.05) is 11.9 Å². The van der Waals surface area contributed by atoms with Crippen LogP contribution >= 0.6 is 0 Å². The minimum atomic E-state index is 0.167. The quantitative estimate of drug-likeness (QED) is 0.650. The highest BCUT2D eigenvalue weighted by Gasteiger charge is 2.05. The second-order valence-electron chi connectivity index (χ2n) is 3.53. The predicted octanol–water partition coefficient (Wildman–Crippen LogP) is 2.97. The van der Waals surface area contributed by atoms with Crippen LogP contribution in [0.4, 0.5) is 0 Å². The van der Waals surface area contributed by atoms with Gasteiger partial charge in [0.05, 0.1) is 6.04 Å². The first-order chi connectivity index (χ1) is 6.15. The number of pyridine rings is 1. The zero-order chi connectivity index (χ0) is 9.84. The summed E-state index contributed by atoms with van der Waals surface area (Å²) in [6, 6.07) is 4.26. The van der Waals surface area contributed by atoms with Crippen molar-refractivity contribution >= 4 is 6.72 Å². The second-order valence-corrected chi connectivity index (χ2v) is 3.53. The molecule has 0 aromatic carbocycles. The Balaban J connectivity index is 2.97. The molecule has 1 rings (SSSR count). The lowest BCUT2D eigenvalue weighted by atomic mass is 10.0. The SMILES string of the molecule is C=NC(C)c1ccnc(C(C)C)c1. The van der Waals surface area contributed by atoms with Gasteiger partial charge >= 0.3 is 0 Å². The fourth-order valence-electron chi connectivity index (χ4n) is 1.15. The van der Waals surface area contributed by atoms with Crippen LogP contribution in [-0.2, 0) is 0 Å². The van der Waals surface area contributed by atoms with Gasteiger partial charge in [0.2, 0.25) is 0 Å². The maximum Gasteiger partial charge on any atom is 0.0714 e. The summed E-state index contributed by atoms with van der Waals surface area (Å²) in [6.07, 6.45) is 1.84. The molecular weight excluding hydrogens is 160 g/mol. The maximum atomic E-state index is 4.29. The Morgan fingerprint density at radius 3 is 2.62 bits per heavy atom. The van der Waals surface area contributed by atoms with Crippen LogP contribution in [0.25, 0.3) is 0 Å². The van der Waals surface area contributed by atoms with Crippen molar-refractivity contribution in [3.63, 3.8) is 0 Å². The largest absolute Gasteiger partial charge is 0.293 e. The molecule has 1 aromatic rings. The first-order valence-corrected chi connectivity index (χ1v) is 4.56. The molecule has 0 N–H and O–H groups in total. The van der Waals surface area contributed by atoms with E-state index in [0.29, 0.717) is 5.92 Å². The van der Waals surface area contributed by atoms with Crippen molar-refractivity contribution in [3.05, 3.63) is 29.6 Å². The monoisotopic (exact) mass is 176 g/mol. The Kier molecular flexibility index (Phi) is 3.18. The topological polar surface area (TPSA) is 25.2 Å². The van der Waals surface area contributed by atoms with Gasteiger partial charge in [-0.2, -0.15) is 0 Å². The third-order valence-corrected chi connectivity index (χ3v) is 2.15. The Labute approximate surface area is 79.7 Å². The van der Waals surface area contributed by atoms with E-state index < -0.39 is 0 Å². The predicted molar refractivity (Wildman–Crippen MR) is 56.3 cm³/mol. The molecule has 2 nitrogen and oxygen atoms in total. The maximum absolute atomic E-state index is 4.29. The van der Waals surface area contributed by atoms with E-state index in [1.807, 2.05) is 19.2 Å². The van der Waals surface area contributed by atoms with Gasteiger partial charge < -0.3 is 0 Å². The molecule has 1 atom stereocenters. The lowest BCUT2D eigenvalue weighted by molar-refractivity contribution is 0.787. The molecule has 0 saturated heterocycles. The van der Waals surface area contributed by atoms with E-state index in [2.05, 4.69) is 36.6 Å². The van der Waals surface area contributed by atoms with Crippen LogP contribution in [0.2, 0.25) is 0 Å². The summed E-state index contributed by atoms with van der Waals surface area (Å²) in [7, 11) is 0. The van der Waals surface area contributed by atoms with Crippen molar-refractivity contribution in [1.82, 2.24) is 4.98 Å². The van der Waals surface area contributed by atoms with Gasteiger partial charge in [-0.1, -0.05) is 13.8 Å². The van der Waals surface area contributed by atoms with Crippen LogP contribution in [0.1, 0.15) is 44.0 Å². The van der Waals surface area contributed by atoms with Crippen LogP contribution < -0.4 is 0 Å². The summed E-state index contributed by atoms with van der Waals surface area (Å²) in [5, 5.41) is 0. The normalized spacial score (nSPS) is 12.9. The molecule has 0 radical (unpaired) electrons. The highest BCUT2D eigenvalue weighted by molar-refractivity contribution is 5.28. The average molecular weight is 176 g/mol. The van der Waals surface area contributed by atoms with Crippen molar-refractivity contribution in [1.29, 1.82) is 0 Å². The minimum Gasteiger partial charge on any atom is -0.293 e. The number of hydrogen-bond donors (Lipinski definition) is 0. The van der Waals surface area contributed by atoms with Crippen molar-refractivity contribution in [2.75, 3.05) is 0 Å². The standard InChI is InChI=1S/C11H16N2/c1-8(2)11-7-10(5-6-13-11)9(3)12-4/h5-9H,4H2,1-3H3. The van der Waals surface area contributed by atoms with Crippen molar-refractivity contribution < 1.29 is 0 Å². The van der Waals surface area contributed by atoms with E-state index >= 15 is 0 Å². The molecule has 1 heterocycles. The Morgan fingerprint density at radius 2 is 2.08 bits per heavy atom. The summed E-state index contributed by atoms with van der Waals surface area (Å²) in [6.45, 7) is 9.85. The summed E-state index contributed by atoms with van der Waals surface area (Å²) in [4.78, 5) is 8.27. The van der Waals surface area contributed by atoms with E-state index in [4.69, 9.17) is 0 Å². The molecule has 0 amide bonds. The highest BCUT2D eigenvalue weighted by Crippen LogP contribution is 2.19. The Morgan fingerprint density at radius 1 is 1.38 bits per heavy atom. The van der Waals surface area contributed by atoms with Crippen molar-refractivity contribution in [3.8, 4) is 0 Å². The number of aliphatic imine (C=N–C) groups is 1. The molecule has 1 unspecified atom stereocenters. The first kappa shape index (κ1) is 9.90. The van der Waals surface area contributed by atoms with E-state index in [9.17, 15) is 0 Å². The van der Waals surface area contributed by atoms with E-state index in [1.54, 1.807) is 0 Å². The van der Waals surface area contributed by atoms with Crippen LogP contribution in [0.5, 0.6) is 0 Å². The molecule has 0 bridgehead atoms. The molecular formula is C11H16N2. The van der Waals surface area contributed by atoms with E-state index in [1.165, 1.54) is 5.56 Å². The lowest BCUT2D eigenvalue weighted by Crippen LogP contribution is -1.96. The molecule has 0 aliphatic carbocycles. The van der Waals surface area contributed by atoms with Crippen LogP contribution in [-0.4, -0.2) is 11.7 Å². The van der Waals surface area contributed by atoms with Crippen LogP contribution in [0.15, 0.2) is 23.3 Å². The lowest BCUT2D eigenvalue weighted by Gasteiger charge is -2.09. The molecule has 0 aliphatic heterocycles. The van der Waals surface area contributed by atoms with E-state index in [-0.39, 0.29) is 6.04 Å². The van der Waals surface area contributed by atoms with Gasteiger partial charge in [0.25, 0.3) is 0 Å². The van der Waals surface area contributed by atoms with Gasteiger partial charge in [-0.25, -0.2) is 0 Å². The van der Waals surface area contributed by atoms with Crippen molar-refractivity contribution in [2.45, 2.75) is 32.7 Å². The molecule has 0 fully saturated rings. The molecule has 13 heavy (non-hydrogen) atoms. The molecule has 1 aromatic heterocycles. The fraction of sp³-hybridized carbons (Fsp3) is 0.455. The summed E-state index contributed by atoms with van der Waals surface area (Å²) < 4.78 is 0. The van der Waals surface area contributed by atoms with Gasteiger partial charge in [-0.3, -0.25) is 9.98 Å². The first-order valence-electron chi connectivity index (χ1n) is 4.56. The molecule has 0 aliphatic rings. The van der Waals surface area contributed by atoms with Gasteiger partial charge in [0.1, 0.15) is 0 Å². The number of rotatable bonds is 3. The molecule has 0 saturated carbocycles. The number of nitrogens with zero attached hydrogens (tertiary/aromatic N) is 2. The molecule has 0 spiro atoms. The zero-order valence-corrected chi connectivity index (χ0v) is 8.49. The minimum absolute atomic E-state index is 0.167. The van der Waals surface area contributed by atoms with Crippen molar-refractivity contribution in [2.24, 2.45) is 4.99 Å². The van der Waals surface area contributed by atoms with Gasteiger partial charge in [0.15, 0.2) is 0 Å². The van der Waals surface area contributed by atoms with Crippen LogP contribution in [0, 0.1) is 0 Å². The molecule has 70 valence electrons.